The van der Waals surface area contributed by atoms with Gasteiger partial charge in [0.05, 0.1) is 10.0 Å². The lowest BCUT2D eigenvalue weighted by atomic mass is 9.98. The summed E-state index contributed by atoms with van der Waals surface area (Å²) in [5.41, 5.74) is 1.40. The molecule has 2 atom stereocenters. The van der Waals surface area contributed by atoms with E-state index in [0.29, 0.717) is 22.1 Å². The lowest BCUT2D eigenvalue weighted by molar-refractivity contribution is 0.0445. The van der Waals surface area contributed by atoms with Crippen LogP contribution < -0.4 is 4.74 Å². The average Bonchev–Trinajstić information content (AvgIpc) is 2.81. The fraction of sp³-hybridized carbons (Fsp3) is 0.400. The van der Waals surface area contributed by atoms with E-state index in [1.807, 2.05) is 12.1 Å². The molecule has 2 aliphatic heterocycles. The maximum Gasteiger partial charge on any atom is 0.121 e. The molecule has 2 heterocycles. The summed E-state index contributed by atoms with van der Waals surface area (Å²) in [4.78, 5) is 2.67. The average molecular weight is 362 g/mol. The second-order valence-electron chi connectivity index (χ2n) is 6.83. The van der Waals surface area contributed by atoms with Crippen LogP contribution in [0.15, 0.2) is 48.5 Å². The quantitative estimate of drug-likeness (QED) is 0.705. The van der Waals surface area contributed by atoms with Crippen LogP contribution in [0.4, 0.5) is 0 Å². The molecule has 24 heavy (non-hydrogen) atoms. The van der Waals surface area contributed by atoms with Crippen LogP contribution in [0, 0.1) is 0 Å². The molecule has 2 saturated heterocycles. The van der Waals surface area contributed by atoms with E-state index in [1.54, 1.807) is 6.07 Å². The number of benzene rings is 2. The zero-order valence-electron chi connectivity index (χ0n) is 13.5. The van der Waals surface area contributed by atoms with Crippen molar-refractivity contribution in [2.75, 3.05) is 0 Å². The van der Waals surface area contributed by atoms with Gasteiger partial charge in [-0.25, -0.2) is 0 Å². The number of nitrogens with zero attached hydrogens (tertiary/aromatic N) is 1. The van der Waals surface area contributed by atoms with Crippen molar-refractivity contribution in [2.45, 2.75) is 50.4 Å². The van der Waals surface area contributed by atoms with E-state index in [-0.39, 0.29) is 6.10 Å². The fourth-order valence-electron chi connectivity index (χ4n) is 4.12. The molecular weight excluding hydrogens is 341 g/mol. The maximum atomic E-state index is 6.20. The Bertz CT molecular complexity index is 692. The first-order valence-electron chi connectivity index (χ1n) is 8.60. The van der Waals surface area contributed by atoms with Gasteiger partial charge in [0.1, 0.15) is 11.9 Å². The number of fused-ring (bicyclic) bond motifs is 2. The molecule has 0 amide bonds. The Morgan fingerprint density at radius 1 is 0.917 bits per heavy atom. The highest BCUT2D eigenvalue weighted by atomic mass is 35.5. The summed E-state index contributed by atoms with van der Waals surface area (Å²) < 4.78 is 6.20. The lowest BCUT2D eigenvalue weighted by Gasteiger charge is -2.39. The van der Waals surface area contributed by atoms with Gasteiger partial charge in [0.2, 0.25) is 0 Å². The highest BCUT2D eigenvalue weighted by molar-refractivity contribution is 6.42. The first kappa shape index (κ1) is 16.3. The minimum absolute atomic E-state index is 0.270. The number of ether oxygens (including phenoxy) is 1. The predicted octanol–water partition coefficient (Wildman–Crippen LogP) is 5.57. The molecule has 0 aliphatic carbocycles. The van der Waals surface area contributed by atoms with Gasteiger partial charge in [-0.1, -0.05) is 53.5 Å². The van der Waals surface area contributed by atoms with E-state index in [2.05, 4.69) is 35.2 Å². The molecule has 2 unspecified atom stereocenters. The Hall–Kier alpha value is -1.22. The molecule has 4 heteroatoms. The van der Waals surface area contributed by atoms with Crippen LogP contribution in [0.2, 0.25) is 10.0 Å². The molecule has 2 aliphatic rings. The van der Waals surface area contributed by atoms with E-state index >= 15 is 0 Å². The van der Waals surface area contributed by atoms with Crippen molar-refractivity contribution < 1.29 is 4.74 Å². The second kappa shape index (κ2) is 6.95. The standard InChI is InChI=1S/C20H21Cl2NO/c21-19-9-8-17(12-20(19)22)24-18-10-15-6-7-16(11-18)23(15)13-14-4-2-1-3-5-14/h1-5,8-9,12,15-16,18H,6-7,10-11,13H2. The van der Waals surface area contributed by atoms with Gasteiger partial charge in [0, 0.05) is 24.7 Å². The van der Waals surface area contributed by atoms with Crippen LogP contribution in [0.1, 0.15) is 31.2 Å². The maximum absolute atomic E-state index is 6.20. The molecule has 2 nitrogen and oxygen atoms in total. The Morgan fingerprint density at radius 2 is 1.62 bits per heavy atom. The number of piperidine rings is 1. The molecule has 126 valence electrons. The molecule has 4 rings (SSSR count). The van der Waals surface area contributed by atoms with Crippen molar-refractivity contribution in [1.29, 1.82) is 0 Å². The van der Waals surface area contributed by atoms with Crippen molar-refractivity contribution in [3.63, 3.8) is 0 Å². The normalized spacial score (nSPS) is 26.5. The summed E-state index contributed by atoms with van der Waals surface area (Å²) in [6.45, 7) is 1.05. The third-order valence-electron chi connectivity index (χ3n) is 5.24. The summed E-state index contributed by atoms with van der Waals surface area (Å²) in [6, 6.07) is 17.5. The van der Waals surface area contributed by atoms with Crippen molar-refractivity contribution in [2.24, 2.45) is 0 Å². The smallest absolute Gasteiger partial charge is 0.121 e. The van der Waals surface area contributed by atoms with Gasteiger partial charge in [0.25, 0.3) is 0 Å². The van der Waals surface area contributed by atoms with E-state index in [4.69, 9.17) is 27.9 Å². The van der Waals surface area contributed by atoms with Crippen molar-refractivity contribution in [3.05, 3.63) is 64.1 Å². The van der Waals surface area contributed by atoms with Gasteiger partial charge >= 0.3 is 0 Å². The molecule has 2 bridgehead atoms. The van der Waals surface area contributed by atoms with Gasteiger partial charge in [-0.15, -0.1) is 0 Å². The number of hydrogen-bond donors (Lipinski definition) is 0. The molecule has 2 aromatic rings. The summed E-state index contributed by atoms with van der Waals surface area (Å²) >= 11 is 12.1. The van der Waals surface area contributed by atoms with Crippen LogP contribution in [-0.4, -0.2) is 23.1 Å². The Labute approximate surface area is 153 Å². The number of hydrogen-bond acceptors (Lipinski definition) is 2. The van der Waals surface area contributed by atoms with Gasteiger partial charge < -0.3 is 4.74 Å². The summed E-state index contributed by atoms with van der Waals surface area (Å²) in [7, 11) is 0. The SMILES string of the molecule is Clc1ccc(OC2CC3CCC(C2)N3Cc2ccccc2)cc1Cl. The summed E-state index contributed by atoms with van der Waals surface area (Å²) in [6.07, 6.45) is 5.00. The third-order valence-corrected chi connectivity index (χ3v) is 5.98. The third kappa shape index (κ3) is 3.42. The summed E-state index contributed by atoms with van der Waals surface area (Å²) in [5, 5.41) is 1.13. The van der Waals surface area contributed by atoms with Gasteiger partial charge in [0.15, 0.2) is 0 Å². The fourth-order valence-corrected chi connectivity index (χ4v) is 4.40. The molecule has 2 aromatic carbocycles. The largest absolute Gasteiger partial charge is 0.490 e. The van der Waals surface area contributed by atoms with Crippen molar-refractivity contribution in [1.82, 2.24) is 4.90 Å². The molecule has 0 aromatic heterocycles. The van der Waals surface area contributed by atoms with Crippen LogP contribution >= 0.6 is 23.2 Å². The van der Waals surface area contributed by atoms with Gasteiger partial charge in [-0.05, 0) is 43.4 Å². The predicted molar refractivity (Wildman–Crippen MR) is 98.9 cm³/mol. The highest BCUT2D eigenvalue weighted by Crippen LogP contribution is 2.38. The van der Waals surface area contributed by atoms with Crippen LogP contribution in [0.5, 0.6) is 5.75 Å². The molecule has 0 saturated carbocycles. The highest BCUT2D eigenvalue weighted by Gasteiger charge is 2.41. The summed E-state index contributed by atoms with van der Waals surface area (Å²) in [5.74, 6) is 0.824. The molecule has 2 fully saturated rings. The zero-order chi connectivity index (χ0) is 16.5. The first-order chi connectivity index (χ1) is 11.7. The van der Waals surface area contributed by atoms with Crippen LogP contribution in [0.25, 0.3) is 0 Å². The van der Waals surface area contributed by atoms with Gasteiger partial charge in [-0.2, -0.15) is 0 Å². The van der Waals surface area contributed by atoms with Crippen molar-refractivity contribution in [3.8, 4) is 5.75 Å². The lowest BCUT2D eigenvalue weighted by Crippen LogP contribution is -2.45. The monoisotopic (exact) mass is 361 g/mol. The van der Waals surface area contributed by atoms with Gasteiger partial charge in [-0.3, -0.25) is 4.90 Å². The minimum Gasteiger partial charge on any atom is -0.490 e. The van der Waals surface area contributed by atoms with E-state index in [0.717, 1.165) is 25.1 Å². The molecule has 0 radical (unpaired) electrons. The molecular formula is C20H21Cl2NO. The van der Waals surface area contributed by atoms with Crippen LogP contribution in [0.3, 0.4) is 0 Å². The van der Waals surface area contributed by atoms with E-state index < -0.39 is 0 Å². The Kier molecular flexibility index (Phi) is 4.71. The number of rotatable bonds is 4. The Morgan fingerprint density at radius 3 is 2.29 bits per heavy atom. The van der Waals surface area contributed by atoms with E-state index in [1.165, 1.54) is 18.4 Å². The second-order valence-corrected chi connectivity index (χ2v) is 7.64. The molecule has 0 spiro atoms. The van der Waals surface area contributed by atoms with E-state index in [9.17, 15) is 0 Å². The topological polar surface area (TPSA) is 12.5 Å². The zero-order valence-corrected chi connectivity index (χ0v) is 15.0. The Balaban J connectivity index is 1.41. The molecule has 0 N–H and O–H groups in total. The van der Waals surface area contributed by atoms with Crippen molar-refractivity contribution >= 4 is 23.2 Å². The first-order valence-corrected chi connectivity index (χ1v) is 9.36. The number of halogens is 2. The van der Waals surface area contributed by atoms with Crippen LogP contribution in [-0.2, 0) is 6.54 Å². The minimum atomic E-state index is 0.270.